The number of phenolic OH excluding ortho intramolecular Hbond substituents is 1. The first-order valence-electron chi connectivity index (χ1n) is 6.29. The van der Waals surface area contributed by atoms with Gasteiger partial charge in [-0.1, -0.05) is 12.1 Å². The summed E-state index contributed by atoms with van der Waals surface area (Å²) in [6, 6.07) is 10.4. The zero-order valence-electron chi connectivity index (χ0n) is 10.9. The zero-order valence-corrected chi connectivity index (χ0v) is 10.9. The van der Waals surface area contributed by atoms with Crippen LogP contribution in [0.25, 0.3) is 0 Å². The minimum atomic E-state index is -0.825. The summed E-state index contributed by atoms with van der Waals surface area (Å²) in [5.41, 5.74) is 0.296. The van der Waals surface area contributed by atoms with Crippen molar-refractivity contribution in [3.8, 4) is 11.5 Å². The van der Waals surface area contributed by atoms with Crippen LogP contribution in [0.3, 0.4) is 0 Å². The maximum absolute atomic E-state index is 13.0. The second kappa shape index (κ2) is 4.34. The Hall–Kier alpha value is -2.36. The van der Waals surface area contributed by atoms with Crippen LogP contribution in [0.4, 0.5) is 4.39 Å². The number of benzene rings is 2. The van der Waals surface area contributed by atoms with Gasteiger partial charge in [-0.25, -0.2) is 4.39 Å². The van der Waals surface area contributed by atoms with Crippen LogP contribution in [0.15, 0.2) is 42.5 Å². The normalized spacial score (nSPS) is 21.2. The number of ketones is 1. The number of hydrogen-bond donors (Lipinski definition) is 1. The summed E-state index contributed by atoms with van der Waals surface area (Å²) >= 11 is 0. The summed E-state index contributed by atoms with van der Waals surface area (Å²) < 4.78 is 18.9. The minimum Gasteiger partial charge on any atom is -0.508 e. The Bertz CT molecular complexity index is 679. The molecule has 0 bridgehead atoms. The van der Waals surface area contributed by atoms with Crippen LogP contribution in [0, 0.1) is 5.82 Å². The number of phenols is 1. The van der Waals surface area contributed by atoms with E-state index >= 15 is 0 Å². The number of hydrogen-bond acceptors (Lipinski definition) is 3. The van der Waals surface area contributed by atoms with Gasteiger partial charge in [-0.05, 0) is 42.8 Å². The Balaban J connectivity index is 2.04. The SMILES string of the molecule is C[C@@]1(c2ccc(F)cc2)CC(=O)c2cc(O)ccc2O1. The van der Waals surface area contributed by atoms with Gasteiger partial charge >= 0.3 is 0 Å². The van der Waals surface area contributed by atoms with E-state index in [9.17, 15) is 14.3 Å². The summed E-state index contributed by atoms with van der Waals surface area (Å²) in [5.74, 6) is 0.0377. The predicted octanol–water partition coefficient (Wildman–Crippen LogP) is 3.41. The number of carbonyl (C=O) groups is 1. The Morgan fingerprint density at radius 2 is 1.90 bits per heavy atom. The lowest BCUT2D eigenvalue weighted by Crippen LogP contribution is -2.36. The second-order valence-electron chi connectivity index (χ2n) is 5.12. The van der Waals surface area contributed by atoms with E-state index in [1.54, 1.807) is 25.1 Å². The highest BCUT2D eigenvalue weighted by Crippen LogP contribution is 2.40. The molecule has 3 rings (SSSR count). The first kappa shape index (κ1) is 12.7. The van der Waals surface area contributed by atoms with Gasteiger partial charge in [-0.3, -0.25) is 4.79 Å². The Labute approximate surface area is 115 Å². The second-order valence-corrected chi connectivity index (χ2v) is 5.12. The Kier molecular flexibility index (Phi) is 2.74. The van der Waals surface area contributed by atoms with Gasteiger partial charge in [0.15, 0.2) is 5.78 Å². The van der Waals surface area contributed by atoms with E-state index in [1.165, 1.54) is 24.3 Å². The fourth-order valence-corrected chi connectivity index (χ4v) is 2.47. The van der Waals surface area contributed by atoms with Crippen LogP contribution in [0.5, 0.6) is 11.5 Å². The topological polar surface area (TPSA) is 46.5 Å². The molecular weight excluding hydrogens is 259 g/mol. The minimum absolute atomic E-state index is 0.0334. The number of fused-ring (bicyclic) bond motifs is 1. The molecule has 0 amide bonds. The van der Waals surface area contributed by atoms with Crippen LogP contribution < -0.4 is 4.74 Å². The number of rotatable bonds is 1. The van der Waals surface area contributed by atoms with E-state index in [4.69, 9.17) is 4.74 Å². The van der Waals surface area contributed by atoms with Crippen LogP contribution in [0.1, 0.15) is 29.3 Å². The molecule has 1 N–H and O–H groups in total. The van der Waals surface area contributed by atoms with Gasteiger partial charge < -0.3 is 9.84 Å². The molecule has 1 atom stereocenters. The lowest BCUT2D eigenvalue weighted by atomic mass is 9.85. The molecule has 0 unspecified atom stereocenters. The molecular formula is C16H13FO3. The summed E-state index contributed by atoms with van der Waals surface area (Å²) in [5, 5.41) is 9.43. The van der Waals surface area contributed by atoms with E-state index in [0.29, 0.717) is 11.3 Å². The third-order valence-corrected chi connectivity index (χ3v) is 3.55. The van der Waals surface area contributed by atoms with Crippen molar-refractivity contribution in [1.29, 1.82) is 0 Å². The monoisotopic (exact) mass is 272 g/mol. The largest absolute Gasteiger partial charge is 0.508 e. The van der Waals surface area contributed by atoms with Crippen molar-refractivity contribution in [3.63, 3.8) is 0 Å². The first-order chi connectivity index (χ1) is 9.48. The molecule has 2 aromatic carbocycles. The van der Waals surface area contributed by atoms with Gasteiger partial charge in [-0.15, -0.1) is 0 Å². The molecule has 20 heavy (non-hydrogen) atoms. The van der Waals surface area contributed by atoms with Gasteiger partial charge in [0.1, 0.15) is 22.9 Å². The van der Waals surface area contributed by atoms with Gasteiger partial charge in [0, 0.05) is 0 Å². The van der Waals surface area contributed by atoms with Crippen molar-refractivity contribution in [1.82, 2.24) is 0 Å². The molecule has 0 radical (unpaired) electrons. The van der Waals surface area contributed by atoms with Crippen LogP contribution in [-0.4, -0.2) is 10.9 Å². The van der Waals surface area contributed by atoms with Crippen LogP contribution >= 0.6 is 0 Å². The average molecular weight is 272 g/mol. The van der Waals surface area contributed by atoms with Gasteiger partial charge in [0.25, 0.3) is 0 Å². The van der Waals surface area contributed by atoms with Crippen molar-refractivity contribution in [2.24, 2.45) is 0 Å². The average Bonchev–Trinajstić information content (AvgIpc) is 2.40. The molecule has 1 heterocycles. The Morgan fingerprint density at radius 3 is 2.60 bits per heavy atom. The molecule has 0 saturated carbocycles. The quantitative estimate of drug-likeness (QED) is 0.865. The molecule has 1 aliphatic heterocycles. The van der Waals surface area contributed by atoms with E-state index in [0.717, 1.165) is 5.56 Å². The lowest BCUT2D eigenvalue weighted by Gasteiger charge is -2.35. The molecule has 0 fully saturated rings. The molecule has 3 nitrogen and oxygen atoms in total. The molecule has 102 valence electrons. The van der Waals surface area contributed by atoms with E-state index in [-0.39, 0.29) is 23.8 Å². The van der Waals surface area contributed by atoms with Crippen molar-refractivity contribution in [2.45, 2.75) is 18.9 Å². The molecule has 4 heteroatoms. The highest BCUT2D eigenvalue weighted by Gasteiger charge is 2.38. The summed E-state index contributed by atoms with van der Waals surface area (Å²) in [7, 11) is 0. The van der Waals surface area contributed by atoms with Gasteiger partial charge in [0.2, 0.25) is 0 Å². The number of carbonyl (C=O) groups excluding carboxylic acids is 1. The number of aromatic hydroxyl groups is 1. The molecule has 0 spiro atoms. The van der Waals surface area contributed by atoms with E-state index in [1.807, 2.05) is 0 Å². The lowest BCUT2D eigenvalue weighted by molar-refractivity contribution is 0.0502. The van der Waals surface area contributed by atoms with Crippen molar-refractivity contribution in [3.05, 3.63) is 59.4 Å². The Morgan fingerprint density at radius 1 is 1.20 bits per heavy atom. The van der Waals surface area contributed by atoms with Crippen molar-refractivity contribution in [2.75, 3.05) is 0 Å². The zero-order chi connectivity index (χ0) is 14.3. The van der Waals surface area contributed by atoms with Gasteiger partial charge in [-0.2, -0.15) is 0 Å². The van der Waals surface area contributed by atoms with E-state index < -0.39 is 5.60 Å². The highest BCUT2D eigenvalue weighted by atomic mass is 19.1. The third kappa shape index (κ3) is 2.03. The number of ether oxygens (including phenoxy) is 1. The maximum atomic E-state index is 13.0. The fourth-order valence-electron chi connectivity index (χ4n) is 2.47. The summed E-state index contributed by atoms with van der Waals surface area (Å²) in [6.45, 7) is 1.80. The summed E-state index contributed by atoms with van der Waals surface area (Å²) in [4.78, 5) is 12.2. The number of halogens is 1. The van der Waals surface area contributed by atoms with E-state index in [2.05, 4.69) is 0 Å². The van der Waals surface area contributed by atoms with Gasteiger partial charge in [0.05, 0.1) is 12.0 Å². The van der Waals surface area contributed by atoms with Crippen molar-refractivity contribution < 1.29 is 19.0 Å². The predicted molar refractivity (Wildman–Crippen MR) is 71.4 cm³/mol. The third-order valence-electron chi connectivity index (χ3n) is 3.55. The number of Topliss-reactive ketones (excluding diaryl/α,β-unsaturated/α-hetero) is 1. The summed E-state index contributed by atoms with van der Waals surface area (Å²) in [6.07, 6.45) is 0.148. The maximum Gasteiger partial charge on any atom is 0.171 e. The molecule has 0 aromatic heterocycles. The highest BCUT2D eigenvalue weighted by molar-refractivity contribution is 6.00. The fraction of sp³-hybridized carbons (Fsp3) is 0.188. The molecule has 1 aliphatic rings. The molecule has 0 aliphatic carbocycles. The van der Waals surface area contributed by atoms with Crippen LogP contribution in [0.2, 0.25) is 0 Å². The standard InChI is InChI=1S/C16H13FO3/c1-16(10-2-4-11(17)5-3-10)9-14(19)13-8-12(18)6-7-15(13)20-16/h2-8,18H,9H2,1H3/t16-/m0/s1. The first-order valence-corrected chi connectivity index (χ1v) is 6.29. The van der Waals surface area contributed by atoms with Crippen molar-refractivity contribution >= 4 is 5.78 Å². The molecule has 0 saturated heterocycles. The smallest absolute Gasteiger partial charge is 0.171 e. The van der Waals surface area contributed by atoms with Crippen LogP contribution in [-0.2, 0) is 5.60 Å². The molecule has 2 aromatic rings.